The van der Waals surface area contributed by atoms with Crippen LogP contribution in [-0.4, -0.2) is 20.8 Å². The number of benzene rings is 2. The number of imidazole rings is 1. The highest BCUT2D eigenvalue weighted by atomic mass is 16.6. The minimum atomic E-state index is -0.443. The van der Waals surface area contributed by atoms with Gasteiger partial charge in [0.2, 0.25) is 5.91 Å². The van der Waals surface area contributed by atoms with Crippen molar-refractivity contribution in [1.29, 1.82) is 0 Å². The number of carbonyl (C=O) groups excluding carboxylic acids is 1. The van der Waals surface area contributed by atoms with Crippen LogP contribution < -0.4 is 5.32 Å². The summed E-state index contributed by atoms with van der Waals surface area (Å²) < 4.78 is 0. The fourth-order valence-electron chi connectivity index (χ4n) is 2.79. The zero-order valence-electron chi connectivity index (χ0n) is 14.4. The second kappa shape index (κ2) is 7.77. The normalized spacial score (nSPS) is 12.0. The Kier molecular flexibility index (Phi) is 5.26. The molecule has 1 amide bonds. The number of hydrogen-bond acceptors (Lipinski definition) is 4. The van der Waals surface area contributed by atoms with E-state index in [9.17, 15) is 14.9 Å². The molecule has 2 aromatic carbocycles. The van der Waals surface area contributed by atoms with Crippen LogP contribution in [-0.2, 0) is 4.79 Å². The Morgan fingerprint density at radius 3 is 2.73 bits per heavy atom. The molecule has 7 nitrogen and oxygen atoms in total. The number of fused-ring (bicyclic) bond motifs is 1. The Balaban J connectivity index is 1.97. The lowest BCUT2D eigenvalue weighted by atomic mass is 10.1. The van der Waals surface area contributed by atoms with Crippen molar-refractivity contribution in [2.24, 2.45) is 0 Å². The van der Waals surface area contributed by atoms with Gasteiger partial charge in [-0.15, -0.1) is 0 Å². The number of aromatic nitrogens is 2. The fraction of sp³-hybridized carbons (Fsp3) is 0.263. The van der Waals surface area contributed by atoms with Crippen molar-refractivity contribution in [3.8, 4) is 0 Å². The van der Waals surface area contributed by atoms with Crippen molar-refractivity contribution in [2.45, 2.75) is 32.2 Å². The van der Waals surface area contributed by atoms with Crippen molar-refractivity contribution >= 4 is 22.6 Å². The zero-order chi connectivity index (χ0) is 18.5. The number of nitro groups is 1. The van der Waals surface area contributed by atoms with Gasteiger partial charge >= 0.3 is 0 Å². The number of aromatic amines is 1. The molecule has 0 saturated carbocycles. The number of nitrogens with zero attached hydrogens (tertiary/aromatic N) is 2. The van der Waals surface area contributed by atoms with E-state index in [0.29, 0.717) is 23.3 Å². The Morgan fingerprint density at radius 2 is 2.04 bits per heavy atom. The monoisotopic (exact) mass is 352 g/mol. The van der Waals surface area contributed by atoms with Crippen molar-refractivity contribution in [2.75, 3.05) is 0 Å². The molecule has 0 aliphatic rings. The molecule has 0 aliphatic heterocycles. The van der Waals surface area contributed by atoms with E-state index >= 15 is 0 Å². The molecule has 3 aromatic rings. The minimum Gasteiger partial charge on any atom is -0.342 e. The summed E-state index contributed by atoms with van der Waals surface area (Å²) in [5.41, 5.74) is 2.08. The summed E-state index contributed by atoms with van der Waals surface area (Å²) >= 11 is 0. The molecular formula is C19H20N4O3. The molecule has 7 heteroatoms. The number of carbonyl (C=O) groups is 1. The number of hydrogen-bond donors (Lipinski definition) is 2. The maximum Gasteiger partial charge on any atom is 0.271 e. The lowest BCUT2D eigenvalue weighted by Gasteiger charge is -2.17. The summed E-state index contributed by atoms with van der Waals surface area (Å²) in [5, 5.41) is 14.0. The SMILES string of the molecule is CCCCC(=O)NC(c1ccccc1)c1nc2ccc([N+](=O)[O-])cc2[nH]1. The van der Waals surface area contributed by atoms with E-state index in [0.717, 1.165) is 18.4 Å². The largest absolute Gasteiger partial charge is 0.342 e. The summed E-state index contributed by atoms with van der Waals surface area (Å²) in [6.07, 6.45) is 2.21. The number of nitro benzene ring substituents is 1. The van der Waals surface area contributed by atoms with Gasteiger partial charge in [0.15, 0.2) is 0 Å². The van der Waals surface area contributed by atoms with Gasteiger partial charge in [-0.25, -0.2) is 4.98 Å². The summed E-state index contributed by atoms with van der Waals surface area (Å²) in [6.45, 7) is 2.04. The predicted molar refractivity (Wildman–Crippen MR) is 98.7 cm³/mol. The maximum absolute atomic E-state index is 12.3. The molecule has 0 radical (unpaired) electrons. The van der Waals surface area contributed by atoms with Crippen molar-refractivity contribution in [3.63, 3.8) is 0 Å². The van der Waals surface area contributed by atoms with Gasteiger partial charge in [0.05, 0.1) is 16.0 Å². The third kappa shape index (κ3) is 3.88. The quantitative estimate of drug-likeness (QED) is 0.498. The minimum absolute atomic E-state index is 0.00376. The number of non-ortho nitro benzene ring substituents is 1. The Labute approximate surface area is 150 Å². The molecule has 0 saturated heterocycles. The third-order valence-corrected chi connectivity index (χ3v) is 4.16. The first-order valence-corrected chi connectivity index (χ1v) is 8.57. The molecule has 1 heterocycles. The van der Waals surface area contributed by atoms with Crippen molar-refractivity contribution in [3.05, 3.63) is 70.0 Å². The smallest absolute Gasteiger partial charge is 0.271 e. The Morgan fingerprint density at radius 1 is 1.27 bits per heavy atom. The number of nitrogens with one attached hydrogen (secondary N) is 2. The Bertz CT molecular complexity index is 921. The molecule has 1 unspecified atom stereocenters. The third-order valence-electron chi connectivity index (χ3n) is 4.16. The van der Waals surface area contributed by atoms with E-state index in [1.165, 1.54) is 12.1 Å². The average molecular weight is 352 g/mol. The van der Waals surface area contributed by atoms with Gasteiger partial charge < -0.3 is 10.3 Å². The molecular weight excluding hydrogens is 332 g/mol. The van der Waals surface area contributed by atoms with Gasteiger partial charge in [0, 0.05) is 18.6 Å². The van der Waals surface area contributed by atoms with Crippen LogP contribution in [0, 0.1) is 10.1 Å². The second-order valence-electron chi connectivity index (χ2n) is 6.10. The number of rotatable bonds is 7. The van der Waals surface area contributed by atoms with E-state index in [1.807, 2.05) is 37.3 Å². The highest BCUT2D eigenvalue weighted by molar-refractivity contribution is 5.79. The molecule has 0 spiro atoms. The predicted octanol–water partition coefficient (Wildman–Crippen LogP) is 3.87. The highest BCUT2D eigenvalue weighted by Crippen LogP contribution is 2.25. The van der Waals surface area contributed by atoms with Crippen LogP contribution >= 0.6 is 0 Å². The van der Waals surface area contributed by atoms with Gasteiger partial charge in [0.1, 0.15) is 11.9 Å². The number of amides is 1. The molecule has 0 bridgehead atoms. The first-order valence-electron chi connectivity index (χ1n) is 8.57. The van der Waals surface area contributed by atoms with Crippen LogP contribution in [0.1, 0.15) is 43.6 Å². The maximum atomic E-state index is 12.3. The number of H-pyrrole nitrogens is 1. The van der Waals surface area contributed by atoms with Gasteiger partial charge in [-0.05, 0) is 18.1 Å². The summed E-state index contributed by atoms with van der Waals surface area (Å²) in [5.74, 6) is 0.503. The Hall–Kier alpha value is -3.22. The fourth-order valence-corrected chi connectivity index (χ4v) is 2.79. The average Bonchev–Trinajstić information content (AvgIpc) is 3.08. The lowest BCUT2D eigenvalue weighted by Crippen LogP contribution is -2.29. The van der Waals surface area contributed by atoms with Crippen LogP contribution in [0.2, 0.25) is 0 Å². The summed E-state index contributed by atoms with van der Waals surface area (Å²) in [7, 11) is 0. The second-order valence-corrected chi connectivity index (χ2v) is 6.10. The van der Waals surface area contributed by atoms with Crippen LogP contribution in [0.25, 0.3) is 11.0 Å². The van der Waals surface area contributed by atoms with Crippen LogP contribution in [0.4, 0.5) is 5.69 Å². The summed E-state index contributed by atoms with van der Waals surface area (Å²) in [4.78, 5) is 30.5. The molecule has 1 atom stereocenters. The first kappa shape index (κ1) is 17.6. The van der Waals surface area contributed by atoms with E-state index in [4.69, 9.17) is 0 Å². The standard InChI is InChI=1S/C19H20N4O3/c1-2-3-9-17(24)22-18(13-7-5-4-6-8-13)19-20-15-11-10-14(23(25)26)12-16(15)21-19/h4-8,10-12,18H,2-3,9H2,1H3,(H,20,21)(H,22,24). The zero-order valence-corrected chi connectivity index (χ0v) is 14.4. The topological polar surface area (TPSA) is 101 Å². The van der Waals surface area contributed by atoms with Gasteiger partial charge in [0.25, 0.3) is 5.69 Å². The molecule has 0 fully saturated rings. The molecule has 134 valence electrons. The molecule has 2 N–H and O–H groups in total. The van der Waals surface area contributed by atoms with E-state index in [-0.39, 0.29) is 11.6 Å². The summed E-state index contributed by atoms with van der Waals surface area (Å²) in [6, 6.07) is 13.6. The van der Waals surface area contributed by atoms with Crippen molar-refractivity contribution in [1.82, 2.24) is 15.3 Å². The molecule has 0 aliphatic carbocycles. The first-order chi connectivity index (χ1) is 12.6. The van der Waals surface area contributed by atoms with E-state index in [1.54, 1.807) is 6.07 Å². The molecule has 1 aromatic heterocycles. The van der Waals surface area contributed by atoms with Crippen LogP contribution in [0.5, 0.6) is 0 Å². The molecule has 3 rings (SSSR count). The van der Waals surface area contributed by atoms with E-state index < -0.39 is 11.0 Å². The van der Waals surface area contributed by atoms with Gasteiger partial charge in [-0.3, -0.25) is 14.9 Å². The lowest BCUT2D eigenvalue weighted by molar-refractivity contribution is -0.384. The van der Waals surface area contributed by atoms with Gasteiger partial charge in [-0.1, -0.05) is 43.7 Å². The molecule has 26 heavy (non-hydrogen) atoms. The van der Waals surface area contributed by atoms with Crippen molar-refractivity contribution < 1.29 is 9.72 Å². The highest BCUT2D eigenvalue weighted by Gasteiger charge is 2.21. The van der Waals surface area contributed by atoms with Gasteiger partial charge in [-0.2, -0.15) is 0 Å². The van der Waals surface area contributed by atoms with Crippen LogP contribution in [0.15, 0.2) is 48.5 Å². The van der Waals surface area contributed by atoms with Crippen LogP contribution in [0.3, 0.4) is 0 Å². The number of unbranched alkanes of at least 4 members (excludes halogenated alkanes) is 1. The van der Waals surface area contributed by atoms with E-state index in [2.05, 4.69) is 15.3 Å².